The van der Waals surface area contributed by atoms with Gasteiger partial charge in [0, 0.05) is 18.6 Å². The van der Waals surface area contributed by atoms with Crippen LogP contribution in [0.3, 0.4) is 0 Å². The van der Waals surface area contributed by atoms with Crippen LogP contribution in [0.5, 0.6) is 0 Å². The highest BCUT2D eigenvalue weighted by molar-refractivity contribution is 5.80. The molecule has 0 spiro atoms. The lowest BCUT2D eigenvalue weighted by molar-refractivity contribution is -0.138. The molecule has 2 amide bonds. The Morgan fingerprint density at radius 3 is 2.12 bits per heavy atom. The van der Waals surface area contributed by atoms with Gasteiger partial charge in [-0.2, -0.15) is 0 Å². The van der Waals surface area contributed by atoms with Crippen LogP contribution in [0.1, 0.15) is 20.8 Å². The molecule has 0 bridgehead atoms. The lowest BCUT2D eigenvalue weighted by Gasteiger charge is -2.34. The topological polar surface area (TPSA) is 72.9 Å². The van der Waals surface area contributed by atoms with E-state index in [2.05, 4.69) is 5.32 Å². The summed E-state index contributed by atoms with van der Waals surface area (Å²) in [4.78, 5) is 25.8. The summed E-state index contributed by atoms with van der Waals surface area (Å²) >= 11 is 0. The molecule has 6 nitrogen and oxygen atoms in total. The van der Waals surface area contributed by atoms with Gasteiger partial charge >= 0.3 is 12.0 Å². The molecule has 100 valence electrons. The smallest absolute Gasteiger partial charge is 0.323 e. The van der Waals surface area contributed by atoms with Gasteiger partial charge in [-0.15, -0.1) is 0 Å². The normalized spacial score (nSPS) is 11.4. The minimum Gasteiger partial charge on any atom is -0.480 e. The lowest BCUT2D eigenvalue weighted by Crippen LogP contribution is -2.53. The van der Waals surface area contributed by atoms with Crippen molar-refractivity contribution in [2.45, 2.75) is 26.3 Å². The molecule has 0 aromatic rings. The van der Waals surface area contributed by atoms with Crippen LogP contribution >= 0.6 is 0 Å². The van der Waals surface area contributed by atoms with E-state index in [0.29, 0.717) is 6.54 Å². The van der Waals surface area contributed by atoms with Crippen molar-refractivity contribution in [1.29, 1.82) is 0 Å². The van der Waals surface area contributed by atoms with Crippen LogP contribution in [-0.2, 0) is 4.79 Å². The molecule has 0 aliphatic rings. The van der Waals surface area contributed by atoms with Gasteiger partial charge in [-0.1, -0.05) is 0 Å². The third-order valence-corrected chi connectivity index (χ3v) is 2.18. The quantitative estimate of drug-likeness (QED) is 0.737. The van der Waals surface area contributed by atoms with Gasteiger partial charge < -0.3 is 20.2 Å². The number of carbonyl (C=O) groups excluding carboxylic acids is 1. The highest BCUT2D eigenvalue weighted by Crippen LogP contribution is 2.12. The molecule has 2 N–H and O–H groups in total. The summed E-state index contributed by atoms with van der Waals surface area (Å²) in [7, 11) is 3.82. The molecule has 0 aliphatic carbocycles. The largest absolute Gasteiger partial charge is 0.480 e. The molecule has 0 unspecified atom stereocenters. The van der Waals surface area contributed by atoms with Gasteiger partial charge in [0.1, 0.15) is 6.54 Å². The van der Waals surface area contributed by atoms with Crippen molar-refractivity contribution in [3.8, 4) is 0 Å². The second kappa shape index (κ2) is 6.44. The molecule has 0 aromatic carbocycles. The van der Waals surface area contributed by atoms with E-state index in [1.807, 2.05) is 39.8 Å². The van der Waals surface area contributed by atoms with E-state index in [1.165, 1.54) is 4.90 Å². The molecule has 0 saturated carbocycles. The Labute approximate surface area is 103 Å². The number of carbonyl (C=O) groups is 2. The molecule has 6 heteroatoms. The van der Waals surface area contributed by atoms with Crippen LogP contribution in [-0.4, -0.2) is 66.2 Å². The molecule has 0 saturated heterocycles. The molecule has 0 atom stereocenters. The molecule has 0 heterocycles. The van der Waals surface area contributed by atoms with Crippen LogP contribution in [0, 0.1) is 0 Å². The predicted molar refractivity (Wildman–Crippen MR) is 66.0 cm³/mol. The van der Waals surface area contributed by atoms with Crippen LogP contribution in [0.15, 0.2) is 0 Å². The minimum absolute atomic E-state index is 0.294. The number of carboxylic acids is 1. The Hall–Kier alpha value is -1.30. The number of aliphatic carboxylic acids is 1. The molecule has 17 heavy (non-hydrogen) atoms. The third kappa shape index (κ3) is 6.78. The fourth-order valence-electron chi connectivity index (χ4n) is 1.23. The van der Waals surface area contributed by atoms with Crippen LogP contribution in [0.25, 0.3) is 0 Å². The molecule has 0 radical (unpaired) electrons. The summed E-state index contributed by atoms with van der Waals surface area (Å²) in [6, 6.07) is -0.346. The first-order chi connectivity index (χ1) is 7.64. The zero-order chi connectivity index (χ0) is 13.6. The third-order valence-electron chi connectivity index (χ3n) is 2.18. The number of likely N-dealkylation sites (N-methyl/N-ethyl adjacent to an activating group) is 1. The number of hydrogen-bond acceptors (Lipinski definition) is 3. The molecular weight excluding hydrogens is 222 g/mol. The van der Waals surface area contributed by atoms with E-state index in [-0.39, 0.29) is 12.6 Å². The average molecular weight is 245 g/mol. The highest BCUT2D eigenvalue weighted by Gasteiger charge is 2.28. The SMILES string of the molecule is CN(C)CCNC(=O)N(CC(=O)O)C(C)(C)C. The van der Waals surface area contributed by atoms with Gasteiger partial charge in [-0.3, -0.25) is 4.79 Å². The summed E-state index contributed by atoms with van der Waals surface area (Å²) in [5.74, 6) is -1.01. The molecule has 0 aromatic heterocycles. The maximum Gasteiger partial charge on any atom is 0.323 e. The van der Waals surface area contributed by atoms with Gasteiger partial charge in [0.25, 0.3) is 0 Å². The Kier molecular flexibility index (Phi) is 5.95. The number of amides is 2. The minimum atomic E-state index is -1.01. The molecule has 0 fully saturated rings. The fraction of sp³-hybridized carbons (Fsp3) is 0.818. The first-order valence-electron chi connectivity index (χ1n) is 5.56. The van der Waals surface area contributed by atoms with Gasteiger partial charge in [0.05, 0.1) is 0 Å². The van der Waals surface area contributed by atoms with E-state index >= 15 is 0 Å². The van der Waals surface area contributed by atoms with Crippen molar-refractivity contribution in [3.05, 3.63) is 0 Å². The number of nitrogens with zero attached hydrogens (tertiary/aromatic N) is 2. The standard InChI is InChI=1S/C11H23N3O3/c1-11(2,3)14(8-9(15)16)10(17)12-6-7-13(4)5/h6-8H2,1-5H3,(H,12,17)(H,15,16). The second-order valence-electron chi connectivity index (χ2n) is 5.19. The predicted octanol–water partition coefficient (Wildman–Crippen LogP) is 0.443. The van der Waals surface area contributed by atoms with Gasteiger partial charge in [0.2, 0.25) is 0 Å². The van der Waals surface area contributed by atoms with Gasteiger partial charge in [0.15, 0.2) is 0 Å². The monoisotopic (exact) mass is 245 g/mol. The molecule has 0 aliphatic heterocycles. The lowest BCUT2D eigenvalue weighted by atomic mass is 10.1. The Bertz CT molecular complexity index is 272. The Morgan fingerprint density at radius 2 is 1.76 bits per heavy atom. The fourth-order valence-corrected chi connectivity index (χ4v) is 1.23. The summed E-state index contributed by atoms with van der Waals surface area (Å²) in [5.41, 5.74) is -0.513. The summed E-state index contributed by atoms with van der Waals surface area (Å²) in [5, 5.41) is 11.5. The number of carboxylic acid groups (broad SMARTS) is 1. The number of nitrogens with one attached hydrogen (secondary N) is 1. The summed E-state index contributed by atoms with van der Waals surface area (Å²) in [6.07, 6.45) is 0. The van der Waals surface area contributed by atoms with Crippen molar-refractivity contribution >= 4 is 12.0 Å². The summed E-state index contributed by atoms with van der Waals surface area (Å²) in [6.45, 7) is 6.34. The van der Waals surface area contributed by atoms with E-state index in [9.17, 15) is 9.59 Å². The number of urea groups is 1. The van der Waals surface area contributed by atoms with Crippen molar-refractivity contribution in [3.63, 3.8) is 0 Å². The average Bonchev–Trinajstić information content (AvgIpc) is 2.11. The Balaban J connectivity index is 4.39. The van der Waals surface area contributed by atoms with Crippen molar-refractivity contribution in [2.75, 3.05) is 33.7 Å². The zero-order valence-corrected chi connectivity index (χ0v) is 11.3. The van der Waals surface area contributed by atoms with E-state index in [1.54, 1.807) is 0 Å². The summed E-state index contributed by atoms with van der Waals surface area (Å²) < 4.78 is 0. The first kappa shape index (κ1) is 15.7. The Morgan fingerprint density at radius 1 is 1.24 bits per heavy atom. The van der Waals surface area contributed by atoms with Crippen LogP contribution < -0.4 is 5.32 Å². The van der Waals surface area contributed by atoms with Gasteiger partial charge in [-0.05, 0) is 34.9 Å². The second-order valence-corrected chi connectivity index (χ2v) is 5.19. The van der Waals surface area contributed by atoms with E-state index < -0.39 is 11.5 Å². The number of rotatable bonds is 5. The van der Waals surface area contributed by atoms with Crippen LogP contribution in [0.2, 0.25) is 0 Å². The van der Waals surface area contributed by atoms with E-state index in [0.717, 1.165) is 6.54 Å². The van der Waals surface area contributed by atoms with Gasteiger partial charge in [-0.25, -0.2) is 4.79 Å². The molecular formula is C11H23N3O3. The number of hydrogen-bond donors (Lipinski definition) is 2. The van der Waals surface area contributed by atoms with Crippen LogP contribution in [0.4, 0.5) is 4.79 Å². The maximum absolute atomic E-state index is 11.8. The van der Waals surface area contributed by atoms with E-state index in [4.69, 9.17) is 5.11 Å². The first-order valence-corrected chi connectivity index (χ1v) is 5.56. The zero-order valence-electron chi connectivity index (χ0n) is 11.3. The highest BCUT2D eigenvalue weighted by atomic mass is 16.4. The maximum atomic E-state index is 11.8. The molecule has 0 rings (SSSR count). The van der Waals surface area contributed by atoms with Crippen molar-refractivity contribution < 1.29 is 14.7 Å². The van der Waals surface area contributed by atoms with Crippen molar-refractivity contribution in [1.82, 2.24) is 15.1 Å². The van der Waals surface area contributed by atoms with Crippen molar-refractivity contribution in [2.24, 2.45) is 0 Å².